The zero-order valence-corrected chi connectivity index (χ0v) is 17.2. The molecule has 1 aromatic heterocycles. The zero-order valence-electron chi connectivity index (χ0n) is 15.7. The fourth-order valence-corrected chi connectivity index (χ4v) is 5.36. The van der Waals surface area contributed by atoms with Gasteiger partial charge in [-0.25, -0.2) is 0 Å². The van der Waals surface area contributed by atoms with Gasteiger partial charge in [-0.2, -0.15) is 0 Å². The summed E-state index contributed by atoms with van der Waals surface area (Å²) in [7, 11) is 2.25. The molecule has 2 aromatic carbocycles. The lowest BCUT2D eigenvalue weighted by atomic mass is 9.75. The number of fused-ring (bicyclic) bond motifs is 2. The SMILES string of the molecule is CN1C2CCC1[C@@H](c1cc(-c3ccc(Cl)cc3)no1)[C@@H](c1ccc(Cl)cc1)C2. The first-order valence-corrected chi connectivity index (χ1v) is 10.6. The predicted octanol–water partition coefficient (Wildman–Crippen LogP) is 6.38. The first kappa shape index (κ1) is 18.2. The molecular weight excluding hydrogens is 391 g/mol. The van der Waals surface area contributed by atoms with Gasteiger partial charge >= 0.3 is 0 Å². The van der Waals surface area contributed by atoms with Crippen molar-refractivity contribution in [1.82, 2.24) is 10.1 Å². The fraction of sp³-hybridized carbons (Fsp3) is 0.348. The van der Waals surface area contributed by atoms with Crippen LogP contribution in [0.15, 0.2) is 59.1 Å². The zero-order chi connectivity index (χ0) is 19.3. The third-order valence-corrected chi connectivity index (χ3v) is 7.07. The third kappa shape index (κ3) is 3.16. The van der Waals surface area contributed by atoms with E-state index in [0.29, 0.717) is 23.9 Å². The molecule has 2 bridgehead atoms. The highest BCUT2D eigenvalue weighted by atomic mass is 35.5. The van der Waals surface area contributed by atoms with E-state index in [-0.39, 0.29) is 0 Å². The van der Waals surface area contributed by atoms with Gasteiger partial charge in [0.1, 0.15) is 11.5 Å². The van der Waals surface area contributed by atoms with Crippen molar-refractivity contribution in [3.8, 4) is 11.3 Å². The summed E-state index contributed by atoms with van der Waals surface area (Å²) in [6.45, 7) is 0. The van der Waals surface area contributed by atoms with Crippen molar-refractivity contribution in [3.05, 3.63) is 76.0 Å². The number of benzene rings is 2. The van der Waals surface area contributed by atoms with Gasteiger partial charge in [-0.1, -0.05) is 52.6 Å². The van der Waals surface area contributed by atoms with Gasteiger partial charge in [0, 0.05) is 39.7 Å². The highest BCUT2D eigenvalue weighted by molar-refractivity contribution is 6.30. The molecule has 28 heavy (non-hydrogen) atoms. The van der Waals surface area contributed by atoms with Crippen molar-refractivity contribution in [2.75, 3.05) is 7.05 Å². The van der Waals surface area contributed by atoms with E-state index in [1.54, 1.807) is 0 Å². The smallest absolute Gasteiger partial charge is 0.142 e. The number of hydrogen-bond acceptors (Lipinski definition) is 3. The second-order valence-electron chi connectivity index (χ2n) is 8.00. The van der Waals surface area contributed by atoms with Gasteiger partial charge in [0.25, 0.3) is 0 Å². The second-order valence-corrected chi connectivity index (χ2v) is 8.88. The Hall–Kier alpha value is -1.81. The van der Waals surface area contributed by atoms with Crippen molar-refractivity contribution < 1.29 is 4.52 Å². The highest BCUT2D eigenvalue weighted by Crippen LogP contribution is 2.51. The molecule has 0 radical (unpaired) electrons. The van der Waals surface area contributed by atoms with Crippen LogP contribution in [0.5, 0.6) is 0 Å². The van der Waals surface area contributed by atoms with Crippen LogP contribution in [0, 0.1) is 0 Å². The highest BCUT2D eigenvalue weighted by Gasteiger charge is 2.48. The maximum atomic E-state index is 6.13. The summed E-state index contributed by atoms with van der Waals surface area (Å²) in [4.78, 5) is 2.54. The minimum atomic E-state index is 0.290. The lowest BCUT2D eigenvalue weighted by Gasteiger charge is -2.42. The molecule has 5 rings (SSSR count). The number of rotatable bonds is 3. The Labute approximate surface area is 175 Å². The van der Waals surface area contributed by atoms with Gasteiger partial charge < -0.3 is 4.52 Å². The summed E-state index contributed by atoms with van der Waals surface area (Å²) < 4.78 is 5.93. The molecule has 0 N–H and O–H groups in total. The van der Waals surface area contributed by atoms with Gasteiger partial charge in [0.05, 0.1) is 0 Å². The van der Waals surface area contributed by atoms with Gasteiger partial charge in [0.15, 0.2) is 0 Å². The molecule has 0 amide bonds. The molecule has 3 nitrogen and oxygen atoms in total. The van der Waals surface area contributed by atoms with Gasteiger partial charge in [-0.15, -0.1) is 0 Å². The van der Waals surface area contributed by atoms with E-state index in [2.05, 4.69) is 35.3 Å². The molecular formula is C23H22Cl2N2O. The molecule has 2 aliphatic heterocycles. The first-order chi connectivity index (χ1) is 13.6. The first-order valence-electron chi connectivity index (χ1n) is 9.80. The maximum Gasteiger partial charge on any atom is 0.142 e. The molecule has 4 atom stereocenters. The monoisotopic (exact) mass is 412 g/mol. The molecule has 0 aliphatic carbocycles. The summed E-state index contributed by atoms with van der Waals surface area (Å²) in [5.74, 6) is 1.68. The molecule has 144 valence electrons. The standard InChI is InChI=1S/C23H22Cl2N2O/c1-27-18-10-11-21(27)23(19(12-18)14-2-6-16(24)7-3-14)22-13-20(26-28-22)15-4-8-17(25)9-5-15/h2-9,13,18-19,21,23H,10-12H2,1H3/t18?,19-,21?,23+/m1/s1. The van der Waals surface area contributed by atoms with E-state index in [0.717, 1.165) is 33.5 Å². The van der Waals surface area contributed by atoms with E-state index < -0.39 is 0 Å². The van der Waals surface area contributed by atoms with Crippen LogP contribution in [-0.4, -0.2) is 29.2 Å². The van der Waals surface area contributed by atoms with Crippen LogP contribution in [0.25, 0.3) is 11.3 Å². The second kappa shape index (κ2) is 7.22. The molecule has 2 fully saturated rings. The van der Waals surface area contributed by atoms with E-state index in [9.17, 15) is 0 Å². The molecule has 0 spiro atoms. The van der Waals surface area contributed by atoms with Crippen LogP contribution in [-0.2, 0) is 0 Å². The maximum absolute atomic E-state index is 6.13. The van der Waals surface area contributed by atoms with Gasteiger partial charge in [-0.05, 0) is 62.1 Å². The molecule has 2 unspecified atom stereocenters. The Kier molecular flexibility index (Phi) is 4.70. The van der Waals surface area contributed by atoms with Crippen LogP contribution in [0.3, 0.4) is 0 Å². The quantitative estimate of drug-likeness (QED) is 0.499. The molecule has 5 heteroatoms. The van der Waals surface area contributed by atoms with Crippen LogP contribution in [0.4, 0.5) is 0 Å². The van der Waals surface area contributed by atoms with Crippen molar-refractivity contribution in [1.29, 1.82) is 0 Å². The van der Waals surface area contributed by atoms with Crippen LogP contribution >= 0.6 is 23.2 Å². The van der Waals surface area contributed by atoms with E-state index in [1.807, 2.05) is 36.4 Å². The van der Waals surface area contributed by atoms with Crippen molar-refractivity contribution in [2.45, 2.75) is 43.2 Å². The molecule has 2 saturated heterocycles. The normalized spacial score (nSPS) is 27.2. The number of likely N-dealkylation sites (N-methyl/N-ethyl adjacent to an activating group) is 1. The van der Waals surface area contributed by atoms with E-state index in [1.165, 1.54) is 18.4 Å². The van der Waals surface area contributed by atoms with Crippen molar-refractivity contribution >= 4 is 23.2 Å². The topological polar surface area (TPSA) is 29.3 Å². The fourth-order valence-electron chi connectivity index (χ4n) is 5.11. The third-order valence-electron chi connectivity index (χ3n) is 6.56. The Bertz CT molecular complexity index is 967. The van der Waals surface area contributed by atoms with Crippen molar-refractivity contribution in [2.24, 2.45) is 0 Å². The molecule has 3 aromatic rings. The Morgan fingerprint density at radius 1 is 0.964 bits per heavy atom. The number of aromatic nitrogens is 1. The molecule has 3 heterocycles. The summed E-state index contributed by atoms with van der Waals surface area (Å²) in [5, 5.41) is 5.89. The number of halogens is 2. The van der Waals surface area contributed by atoms with Crippen molar-refractivity contribution in [3.63, 3.8) is 0 Å². The summed E-state index contributed by atoms with van der Waals surface area (Å²) in [6, 6.07) is 19.3. The summed E-state index contributed by atoms with van der Waals surface area (Å²) in [5.41, 5.74) is 3.23. The van der Waals surface area contributed by atoms with E-state index in [4.69, 9.17) is 27.7 Å². The Morgan fingerprint density at radius 2 is 1.64 bits per heavy atom. The summed E-state index contributed by atoms with van der Waals surface area (Å²) >= 11 is 12.2. The minimum Gasteiger partial charge on any atom is -0.360 e. The average Bonchev–Trinajstić information content (AvgIpc) is 3.26. The van der Waals surface area contributed by atoms with Crippen LogP contribution in [0.1, 0.15) is 42.4 Å². The largest absolute Gasteiger partial charge is 0.360 e. The van der Waals surface area contributed by atoms with Gasteiger partial charge in [-0.3, -0.25) is 4.90 Å². The number of hydrogen-bond donors (Lipinski definition) is 0. The van der Waals surface area contributed by atoms with Crippen LogP contribution in [0.2, 0.25) is 10.0 Å². The number of nitrogens with zero attached hydrogens (tertiary/aromatic N) is 2. The summed E-state index contributed by atoms with van der Waals surface area (Å²) in [6.07, 6.45) is 3.59. The molecule has 0 saturated carbocycles. The molecule has 2 aliphatic rings. The minimum absolute atomic E-state index is 0.290. The lowest BCUT2D eigenvalue weighted by Crippen LogP contribution is -2.44. The van der Waals surface area contributed by atoms with E-state index >= 15 is 0 Å². The van der Waals surface area contributed by atoms with Crippen LogP contribution < -0.4 is 0 Å². The average molecular weight is 413 g/mol. The predicted molar refractivity (Wildman–Crippen MR) is 113 cm³/mol. The number of piperidine rings is 1. The lowest BCUT2D eigenvalue weighted by molar-refractivity contribution is 0.122. The Morgan fingerprint density at radius 3 is 2.36 bits per heavy atom. The van der Waals surface area contributed by atoms with Gasteiger partial charge in [0.2, 0.25) is 0 Å². The Balaban J connectivity index is 1.53.